The van der Waals surface area contributed by atoms with Gasteiger partial charge in [0.1, 0.15) is 11.3 Å². The molecule has 1 aromatic carbocycles. The Balaban J connectivity index is 2.94. The van der Waals surface area contributed by atoms with E-state index in [2.05, 4.69) is 5.92 Å². The van der Waals surface area contributed by atoms with Gasteiger partial charge in [0, 0.05) is 19.0 Å². The summed E-state index contributed by atoms with van der Waals surface area (Å²) in [6.45, 7) is 8.35. The Morgan fingerprint density at radius 1 is 1.24 bits per heavy atom. The van der Waals surface area contributed by atoms with Gasteiger partial charge < -0.3 is 9.47 Å². The normalized spacial score (nSPS) is 13.0. The Bertz CT molecular complexity index is 611. The first kappa shape index (κ1) is 21.0. The van der Waals surface area contributed by atoms with Crippen LogP contribution in [0.25, 0.3) is 0 Å². The van der Waals surface area contributed by atoms with Crippen molar-refractivity contribution < 1.29 is 18.7 Å². The van der Waals surface area contributed by atoms with Gasteiger partial charge in [-0.15, -0.1) is 6.42 Å². The lowest BCUT2D eigenvalue weighted by molar-refractivity contribution is -0.155. The summed E-state index contributed by atoms with van der Waals surface area (Å²) < 4.78 is 24.5. The molecule has 0 heterocycles. The molecule has 0 saturated heterocycles. The maximum atomic E-state index is 13.0. The average molecular weight is 349 g/mol. The molecule has 1 atom stereocenters. The first-order valence-corrected chi connectivity index (χ1v) is 8.27. The van der Waals surface area contributed by atoms with Crippen LogP contribution >= 0.6 is 0 Å². The van der Waals surface area contributed by atoms with Crippen molar-refractivity contribution in [2.75, 3.05) is 13.7 Å². The van der Waals surface area contributed by atoms with Gasteiger partial charge in [-0.25, -0.2) is 4.79 Å². The van der Waals surface area contributed by atoms with Crippen molar-refractivity contribution in [1.29, 1.82) is 0 Å². The minimum atomic E-state index is -0.979. The maximum absolute atomic E-state index is 13.0. The van der Waals surface area contributed by atoms with Gasteiger partial charge in [0.15, 0.2) is 0 Å². The van der Waals surface area contributed by atoms with Gasteiger partial charge in [-0.1, -0.05) is 18.1 Å². The molecule has 25 heavy (non-hydrogen) atoms. The van der Waals surface area contributed by atoms with E-state index in [1.807, 2.05) is 12.1 Å². The number of amides is 1. The van der Waals surface area contributed by atoms with E-state index in [1.54, 1.807) is 53.8 Å². The number of halogens is 1. The fraction of sp³-hybridized carbons (Fsp3) is 0.550. The van der Waals surface area contributed by atoms with Crippen LogP contribution in [0.4, 0.5) is 9.18 Å². The van der Waals surface area contributed by atoms with Crippen LogP contribution in [0.1, 0.15) is 58.3 Å². The van der Waals surface area contributed by atoms with Crippen LogP contribution in [0.15, 0.2) is 24.3 Å². The lowest BCUT2D eigenvalue weighted by Crippen LogP contribution is -2.49. The third-order valence-corrected chi connectivity index (χ3v) is 3.73. The number of ether oxygens (including phenoxy) is 2. The van der Waals surface area contributed by atoms with E-state index in [-0.39, 0.29) is 6.42 Å². The molecule has 0 saturated carbocycles. The van der Waals surface area contributed by atoms with E-state index >= 15 is 0 Å². The summed E-state index contributed by atoms with van der Waals surface area (Å²) in [5.74, 6) is 2.54. The van der Waals surface area contributed by atoms with Crippen LogP contribution in [0.2, 0.25) is 0 Å². The summed E-state index contributed by atoms with van der Waals surface area (Å²) in [4.78, 5) is 13.7. The number of hydrogen-bond donors (Lipinski definition) is 0. The molecule has 0 aromatic heterocycles. The minimum Gasteiger partial charge on any atom is -0.444 e. The summed E-state index contributed by atoms with van der Waals surface area (Å²) in [5.41, 5.74) is -0.0344. The van der Waals surface area contributed by atoms with Gasteiger partial charge in [0.25, 0.3) is 0 Å². The molecule has 1 unspecified atom stereocenters. The molecule has 0 aliphatic carbocycles. The standard InChI is InChI=1S/C20H28FNO3/c1-8-15-9-11-16(12-10-15)17(13-14-21)24-20(5,6)22(7)18(23)25-19(2,3)4/h1,9-12,17H,13-14H2,2-7H3. The number of carbonyl (C=O) groups is 1. The van der Waals surface area contributed by atoms with Crippen molar-refractivity contribution >= 4 is 6.09 Å². The first-order valence-electron chi connectivity index (χ1n) is 8.27. The number of hydrogen-bond acceptors (Lipinski definition) is 3. The van der Waals surface area contributed by atoms with Crippen LogP contribution in [0, 0.1) is 12.3 Å². The summed E-state index contributed by atoms with van der Waals surface area (Å²) in [6.07, 6.45) is 4.54. The number of nitrogens with zero attached hydrogens (tertiary/aromatic N) is 1. The Kier molecular flexibility index (Phi) is 7.01. The van der Waals surface area contributed by atoms with Gasteiger partial charge in [-0.2, -0.15) is 0 Å². The van der Waals surface area contributed by atoms with Crippen LogP contribution in [0.5, 0.6) is 0 Å². The van der Waals surface area contributed by atoms with Gasteiger partial charge in [0.2, 0.25) is 0 Å². The van der Waals surface area contributed by atoms with Gasteiger partial charge in [0.05, 0.1) is 12.8 Å². The van der Waals surface area contributed by atoms with Gasteiger partial charge in [-0.05, 0) is 52.3 Å². The number of rotatable bonds is 6. The molecule has 0 aliphatic rings. The maximum Gasteiger partial charge on any atom is 0.412 e. The molecule has 0 spiro atoms. The topological polar surface area (TPSA) is 38.8 Å². The third-order valence-electron chi connectivity index (χ3n) is 3.73. The van der Waals surface area contributed by atoms with Crippen LogP contribution in [0.3, 0.4) is 0 Å². The molecular weight excluding hydrogens is 321 g/mol. The molecule has 0 radical (unpaired) electrons. The summed E-state index contributed by atoms with van der Waals surface area (Å²) in [5, 5.41) is 0. The minimum absolute atomic E-state index is 0.182. The predicted molar refractivity (Wildman–Crippen MR) is 96.9 cm³/mol. The smallest absolute Gasteiger partial charge is 0.412 e. The molecule has 1 aromatic rings. The van der Waals surface area contributed by atoms with Crippen LogP contribution in [-0.4, -0.2) is 36.0 Å². The molecule has 1 amide bonds. The summed E-state index contributed by atoms with van der Waals surface area (Å²) >= 11 is 0. The Morgan fingerprint density at radius 3 is 2.24 bits per heavy atom. The zero-order valence-corrected chi connectivity index (χ0v) is 15.9. The molecule has 4 nitrogen and oxygen atoms in total. The monoisotopic (exact) mass is 349 g/mol. The highest BCUT2D eigenvalue weighted by atomic mass is 19.1. The van der Waals surface area contributed by atoms with Crippen molar-refractivity contribution in [2.45, 2.75) is 58.5 Å². The van der Waals surface area contributed by atoms with Crippen LogP contribution in [-0.2, 0) is 9.47 Å². The SMILES string of the molecule is C#Cc1ccc(C(CCF)OC(C)(C)N(C)C(=O)OC(C)(C)C)cc1. The van der Waals surface area contributed by atoms with E-state index in [0.717, 1.165) is 11.1 Å². The molecule has 0 aliphatic heterocycles. The summed E-state index contributed by atoms with van der Waals surface area (Å²) in [6, 6.07) is 7.21. The van der Waals surface area contributed by atoms with E-state index in [0.29, 0.717) is 0 Å². The van der Waals surface area contributed by atoms with Crippen molar-refractivity contribution in [3.63, 3.8) is 0 Å². The molecule has 5 heteroatoms. The van der Waals surface area contributed by atoms with E-state index < -0.39 is 30.2 Å². The largest absolute Gasteiger partial charge is 0.444 e. The quantitative estimate of drug-likeness (QED) is 0.552. The number of alkyl halides is 1. The number of terminal acetylenes is 1. The van der Waals surface area contributed by atoms with Crippen molar-refractivity contribution in [3.05, 3.63) is 35.4 Å². The summed E-state index contributed by atoms with van der Waals surface area (Å²) in [7, 11) is 1.60. The van der Waals surface area contributed by atoms with E-state index in [4.69, 9.17) is 15.9 Å². The lowest BCUT2D eigenvalue weighted by atomic mass is 10.0. The predicted octanol–water partition coefficient (Wildman–Crippen LogP) is 4.69. The highest BCUT2D eigenvalue weighted by Crippen LogP contribution is 2.30. The average Bonchev–Trinajstić information content (AvgIpc) is 2.52. The van der Waals surface area contributed by atoms with Crippen molar-refractivity contribution in [2.24, 2.45) is 0 Å². The second kappa shape index (κ2) is 8.35. The highest BCUT2D eigenvalue weighted by Gasteiger charge is 2.34. The van der Waals surface area contributed by atoms with E-state index in [1.165, 1.54) is 4.90 Å². The van der Waals surface area contributed by atoms with Crippen molar-refractivity contribution in [3.8, 4) is 12.3 Å². The Morgan fingerprint density at radius 2 is 1.80 bits per heavy atom. The lowest BCUT2D eigenvalue weighted by Gasteiger charge is -2.39. The Labute approximate surface area is 150 Å². The number of carbonyl (C=O) groups excluding carboxylic acids is 1. The molecule has 138 valence electrons. The molecular formula is C20H28FNO3. The zero-order valence-electron chi connectivity index (χ0n) is 15.9. The molecule has 0 fully saturated rings. The number of benzene rings is 1. The highest BCUT2D eigenvalue weighted by molar-refractivity contribution is 5.68. The second-order valence-corrected chi connectivity index (χ2v) is 7.34. The fourth-order valence-corrected chi connectivity index (χ4v) is 2.16. The third kappa shape index (κ3) is 6.39. The molecule has 0 bridgehead atoms. The fourth-order valence-electron chi connectivity index (χ4n) is 2.16. The van der Waals surface area contributed by atoms with Crippen LogP contribution < -0.4 is 0 Å². The Hall–Kier alpha value is -2.06. The first-order chi connectivity index (χ1) is 11.5. The van der Waals surface area contributed by atoms with Gasteiger partial charge >= 0.3 is 6.09 Å². The molecule has 1 rings (SSSR count). The van der Waals surface area contributed by atoms with Gasteiger partial charge in [-0.3, -0.25) is 9.29 Å². The van der Waals surface area contributed by atoms with Crippen molar-refractivity contribution in [1.82, 2.24) is 4.90 Å². The second-order valence-electron chi connectivity index (χ2n) is 7.34. The zero-order chi connectivity index (χ0) is 19.3. The molecule has 0 N–H and O–H groups in total. The van der Waals surface area contributed by atoms with E-state index in [9.17, 15) is 9.18 Å².